The van der Waals surface area contributed by atoms with Crippen LogP contribution in [0.3, 0.4) is 0 Å². The van der Waals surface area contributed by atoms with Crippen LogP contribution in [0.2, 0.25) is 5.02 Å². The number of rotatable bonds is 3. The number of ether oxygens (including phenoxy) is 1. The van der Waals surface area contributed by atoms with E-state index in [1.165, 1.54) is 16.8 Å². The molecule has 5 aliphatic rings. The number of allylic oxidation sites excluding steroid dienone is 1. The number of unbranched alkanes of at least 4 members (excludes halogenated alkanes) is 1. The molecule has 0 aliphatic carbocycles. The van der Waals surface area contributed by atoms with Crippen molar-refractivity contribution in [2.45, 2.75) is 88.2 Å². The molecule has 5 heterocycles. The Labute approximate surface area is 237 Å². The van der Waals surface area contributed by atoms with Gasteiger partial charge in [-0.25, -0.2) is 4.18 Å². The van der Waals surface area contributed by atoms with Crippen LogP contribution in [0.1, 0.15) is 81.0 Å². The van der Waals surface area contributed by atoms with Gasteiger partial charge in [0.05, 0.1) is 0 Å². The molecular formula is C31H37ClN2O4S. The molecule has 0 aromatic heterocycles. The lowest BCUT2D eigenvalue weighted by molar-refractivity contribution is 0.108. The van der Waals surface area contributed by atoms with Gasteiger partial charge in [-0.15, -0.1) is 0 Å². The van der Waals surface area contributed by atoms with Crippen LogP contribution in [0, 0.1) is 0 Å². The van der Waals surface area contributed by atoms with E-state index in [1.54, 1.807) is 12.1 Å². The summed E-state index contributed by atoms with van der Waals surface area (Å²) in [6, 6.07) is 7.41. The summed E-state index contributed by atoms with van der Waals surface area (Å²) < 4.78 is 41.1. The van der Waals surface area contributed by atoms with Gasteiger partial charge in [0.25, 0.3) is 10.1 Å². The van der Waals surface area contributed by atoms with E-state index in [1.807, 2.05) is 6.07 Å². The summed E-state index contributed by atoms with van der Waals surface area (Å²) >= 11 is 6.37. The van der Waals surface area contributed by atoms with Gasteiger partial charge in [0.15, 0.2) is 5.60 Å². The Morgan fingerprint density at radius 3 is 2.67 bits per heavy atom. The summed E-state index contributed by atoms with van der Waals surface area (Å²) in [7, 11) is -4.05. The van der Waals surface area contributed by atoms with Crippen molar-refractivity contribution in [1.82, 2.24) is 4.90 Å². The Hall–Kier alpha value is -2.06. The molecule has 1 unspecified atom stereocenters. The van der Waals surface area contributed by atoms with E-state index in [0.29, 0.717) is 10.6 Å². The highest BCUT2D eigenvalue weighted by Gasteiger charge is 2.59. The largest absolute Gasteiger partial charge is 0.461 e. The number of hydrogen-bond acceptors (Lipinski definition) is 6. The lowest BCUT2D eigenvalue weighted by Gasteiger charge is -2.47. The van der Waals surface area contributed by atoms with Gasteiger partial charge >= 0.3 is 0 Å². The van der Waals surface area contributed by atoms with Gasteiger partial charge in [0, 0.05) is 58.5 Å². The van der Waals surface area contributed by atoms with Gasteiger partial charge in [-0.05, 0) is 88.7 Å². The summed E-state index contributed by atoms with van der Waals surface area (Å²) in [6.45, 7) is 8.49. The highest BCUT2D eigenvalue weighted by atomic mass is 35.5. The van der Waals surface area contributed by atoms with Gasteiger partial charge in [0.1, 0.15) is 16.4 Å². The van der Waals surface area contributed by atoms with Crippen molar-refractivity contribution in [2.75, 3.05) is 31.1 Å². The summed E-state index contributed by atoms with van der Waals surface area (Å²) in [6.07, 6.45) is 9.13. The molecule has 39 heavy (non-hydrogen) atoms. The predicted molar refractivity (Wildman–Crippen MR) is 153 cm³/mol. The average Bonchev–Trinajstić information content (AvgIpc) is 3.14. The van der Waals surface area contributed by atoms with Crippen molar-refractivity contribution < 1.29 is 17.3 Å². The second-order valence-electron chi connectivity index (χ2n) is 11.8. The molecule has 208 valence electrons. The molecule has 1 spiro atoms. The van der Waals surface area contributed by atoms with Crippen molar-refractivity contribution in [1.29, 1.82) is 0 Å². The fourth-order valence-electron chi connectivity index (χ4n) is 7.71. The molecule has 0 amide bonds. The Balaban J connectivity index is 1.55. The second-order valence-corrected chi connectivity index (χ2v) is 13.7. The van der Waals surface area contributed by atoms with Crippen LogP contribution < -0.4 is 9.64 Å². The summed E-state index contributed by atoms with van der Waals surface area (Å²) in [4.78, 5) is 5.19. The van der Waals surface area contributed by atoms with Crippen molar-refractivity contribution in [3.05, 3.63) is 62.9 Å². The highest BCUT2D eigenvalue weighted by molar-refractivity contribution is 7.87. The average molecular weight is 569 g/mol. The van der Waals surface area contributed by atoms with Crippen LogP contribution >= 0.6 is 11.6 Å². The standard InChI is InChI=1S/C31H37ClN2O4S/c1-3-4-14-33-15-6-5-11-26-28(20(33)2)31(24-13-12-22(32)19-27(24)39(35,36)38-31)25-18-21-9-7-16-34-17-8-10-23(29(21)34)30(25)37-26/h12-13,18-20H,3-11,14-17H2,1-2H3/t20-,31?/m0/s1. The number of aryl methyl sites for hydroxylation is 1. The number of nitrogens with zero attached hydrogens (tertiary/aromatic N) is 2. The zero-order chi connectivity index (χ0) is 26.9. The number of hydrogen-bond donors (Lipinski definition) is 0. The zero-order valence-electron chi connectivity index (χ0n) is 22.9. The van der Waals surface area contributed by atoms with Crippen LogP contribution in [0.5, 0.6) is 5.75 Å². The van der Waals surface area contributed by atoms with Crippen LogP contribution in [0.25, 0.3) is 0 Å². The normalized spacial score (nSPS) is 27.3. The Morgan fingerprint density at radius 1 is 1.03 bits per heavy atom. The first-order valence-electron chi connectivity index (χ1n) is 14.7. The van der Waals surface area contributed by atoms with Crippen molar-refractivity contribution in [3.63, 3.8) is 0 Å². The molecule has 0 saturated carbocycles. The molecule has 7 rings (SSSR count). The fourth-order valence-corrected chi connectivity index (χ4v) is 9.39. The lowest BCUT2D eigenvalue weighted by Crippen LogP contribution is -2.48. The van der Waals surface area contributed by atoms with Crippen LogP contribution in [0.15, 0.2) is 40.5 Å². The van der Waals surface area contributed by atoms with E-state index in [0.717, 1.165) is 107 Å². The number of fused-ring (bicyclic) bond motifs is 6. The van der Waals surface area contributed by atoms with Crippen LogP contribution in [0.4, 0.5) is 5.69 Å². The van der Waals surface area contributed by atoms with E-state index in [2.05, 4.69) is 29.7 Å². The fraction of sp³-hybridized carbons (Fsp3) is 0.548. The molecule has 0 radical (unpaired) electrons. The molecule has 2 aromatic carbocycles. The van der Waals surface area contributed by atoms with E-state index >= 15 is 0 Å². The molecule has 5 aliphatic heterocycles. The second kappa shape index (κ2) is 9.51. The molecular weight excluding hydrogens is 532 g/mol. The molecule has 2 aromatic rings. The Bertz CT molecular complexity index is 1480. The molecule has 6 nitrogen and oxygen atoms in total. The third kappa shape index (κ3) is 3.83. The monoisotopic (exact) mass is 568 g/mol. The Morgan fingerprint density at radius 2 is 1.85 bits per heavy atom. The maximum Gasteiger partial charge on any atom is 0.298 e. The minimum Gasteiger partial charge on any atom is -0.461 e. The lowest BCUT2D eigenvalue weighted by atomic mass is 9.71. The van der Waals surface area contributed by atoms with Crippen LogP contribution in [-0.4, -0.2) is 45.5 Å². The van der Waals surface area contributed by atoms with Crippen molar-refractivity contribution in [2.24, 2.45) is 0 Å². The first-order valence-corrected chi connectivity index (χ1v) is 16.5. The van der Waals surface area contributed by atoms with E-state index < -0.39 is 15.7 Å². The van der Waals surface area contributed by atoms with Crippen LogP contribution in [-0.2, 0) is 32.7 Å². The first kappa shape index (κ1) is 25.9. The third-order valence-corrected chi connectivity index (χ3v) is 11.0. The molecule has 0 bridgehead atoms. The Kier molecular flexibility index (Phi) is 6.31. The minimum absolute atomic E-state index is 0.0410. The molecule has 8 heteroatoms. The quantitative estimate of drug-likeness (QED) is 0.404. The number of halogens is 1. The SMILES string of the molecule is CCCCN1CCCCC2=C([C@@H]1C)C1(OS(=O)(=O)c3cc(Cl)ccc31)c1cc3c4c(c1O2)CCCN4CCC3. The maximum absolute atomic E-state index is 13.8. The molecule has 0 saturated heterocycles. The zero-order valence-corrected chi connectivity index (χ0v) is 24.5. The van der Waals surface area contributed by atoms with Gasteiger partial charge in [0.2, 0.25) is 0 Å². The summed E-state index contributed by atoms with van der Waals surface area (Å²) in [5.74, 6) is 1.71. The van der Waals surface area contributed by atoms with Gasteiger partial charge < -0.3 is 9.64 Å². The maximum atomic E-state index is 13.8. The first-order chi connectivity index (χ1) is 18.8. The molecule has 0 fully saturated rings. The smallest absolute Gasteiger partial charge is 0.298 e. The van der Waals surface area contributed by atoms with Crippen molar-refractivity contribution >= 4 is 27.4 Å². The molecule has 0 N–H and O–H groups in total. The third-order valence-electron chi connectivity index (χ3n) is 9.45. The predicted octanol–water partition coefficient (Wildman–Crippen LogP) is 6.32. The van der Waals surface area contributed by atoms with E-state index in [4.69, 9.17) is 20.5 Å². The van der Waals surface area contributed by atoms with Gasteiger partial charge in [-0.3, -0.25) is 4.90 Å². The van der Waals surface area contributed by atoms with E-state index in [-0.39, 0.29) is 10.9 Å². The topological polar surface area (TPSA) is 59.1 Å². The summed E-state index contributed by atoms with van der Waals surface area (Å²) in [5.41, 5.74) is 5.03. The highest BCUT2D eigenvalue weighted by Crippen LogP contribution is 2.60. The van der Waals surface area contributed by atoms with Gasteiger partial charge in [-0.2, -0.15) is 8.42 Å². The van der Waals surface area contributed by atoms with Gasteiger partial charge in [-0.1, -0.05) is 31.0 Å². The molecule has 2 atom stereocenters. The summed E-state index contributed by atoms with van der Waals surface area (Å²) in [5, 5.41) is 0.394. The van der Waals surface area contributed by atoms with E-state index in [9.17, 15) is 8.42 Å². The number of anilines is 1. The van der Waals surface area contributed by atoms with Crippen molar-refractivity contribution in [3.8, 4) is 5.75 Å². The number of benzene rings is 2. The minimum atomic E-state index is -4.05.